The third-order valence-corrected chi connectivity index (χ3v) is 10.4. The molecule has 7 aromatic carbocycles. The van der Waals surface area contributed by atoms with E-state index in [1.165, 1.54) is 52.4 Å². The molecule has 0 amide bonds. The second-order valence-corrected chi connectivity index (χ2v) is 12.9. The van der Waals surface area contributed by atoms with Gasteiger partial charge in [-0.05, 0) is 75.1 Å². The molecule has 0 atom stereocenters. The Balaban J connectivity index is 1.42. The highest BCUT2D eigenvalue weighted by Gasteiger charge is 2.20. The maximum Gasteiger partial charge on any atom is 0.0532 e. The van der Waals surface area contributed by atoms with Crippen molar-refractivity contribution >= 4 is 87.8 Å². The first-order chi connectivity index (χ1) is 20.7. The van der Waals surface area contributed by atoms with Crippen LogP contribution in [0.25, 0.3) is 52.8 Å². The molecule has 1 nitrogen and oxygen atoms in total. The third-order valence-electron chi connectivity index (χ3n) is 7.76. The van der Waals surface area contributed by atoms with Crippen molar-refractivity contribution in [2.45, 2.75) is 9.79 Å². The first-order valence-electron chi connectivity index (χ1n) is 13.9. The van der Waals surface area contributed by atoms with Crippen LogP contribution in [0, 0.1) is 0 Å². The standard InChI is InChI=1S/C38H24ClNS2/c39-31-18-9-19-33-36(31)37-34(41-33)21-20-30(29-17-8-13-24-10-6-7-16-28(24)29)38(37)42-35-23-26-12-5-4-11-25(26)22-32(35)40-27-14-2-1-3-15-27/h1-23,40H. The molecule has 0 spiro atoms. The van der Waals surface area contributed by atoms with Gasteiger partial charge in [-0.15, -0.1) is 11.3 Å². The fraction of sp³-hybridized carbons (Fsp3) is 0. The highest BCUT2D eigenvalue weighted by atomic mass is 35.5. The summed E-state index contributed by atoms with van der Waals surface area (Å²) < 4.78 is 2.44. The summed E-state index contributed by atoms with van der Waals surface area (Å²) in [6, 6.07) is 49.6. The normalized spacial score (nSPS) is 11.5. The molecule has 8 aromatic rings. The number of para-hydroxylation sites is 1. The van der Waals surface area contributed by atoms with Gasteiger partial charge in [-0.1, -0.05) is 120 Å². The van der Waals surface area contributed by atoms with Crippen molar-refractivity contribution in [3.05, 3.63) is 145 Å². The second-order valence-electron chi connectivity index (χ2n) is 10.3. The van der Waals surface area contributed by atoms with Gasteiger partial charge in [0.25, 0.3) is 0 Å². The highest BCUT2D eigenvalue weighted by molar-refractivity contribution is 8.00. The van der Waals surface area contributed by atoms with Crippen LogP contribution in [0.4, 0.5) is 11.4 Å². The Morgan fingerprint density at radius 2 is 1.24 bits per heavy atom. The summed E-state index contributed by atoms with van der Waals surface area (Å²) in [6.45, 7) is 0. The van der Waals surface area contributed by atoms with Gasteiger partial charge < -0.3 is 5.32 Å². The van der Waals surface area contributed by atoms with Crippen LogP contribution in [0.3, 0.4) is 0 Å². The van der Waals surface area contributed by atoms with Gasteiger partial charge in [0.15, 0.2) is 0 Å². The summed E-state index contributed by atoms with van der Waals surface area (Å²) in [5.41, 5.74) is 4.58. The number of halogens is 1. The van der Waals surface area contributed by atoms with Crippen LogP contribution in [0.1, 0.15) is 0 Å². The molecule has 42 heavy (non-hydrogen) atoms. The van der Waals surface area contributed by atoms with Gasteiger partial charge in [0.1, 0.15) is 0 Å². The average Bonchev–Trinajstić information content (AvgIpc) is 3.42. The van der Waals surface area contributed by atoms with E-state index >= 15 is 0 Å². The molecule has 1 heterocycles. The Kier molecular flexibility index (Phi) is 6.37. The first kappa shape index (κ1) is 25.4. The number of nitrogens with one attached hydrogen (secondary N) is 1. The Morgan fingerprint density at radius 3 is 2.10 bits per heavy atom. The number of hydrogen-bond donors (Lipinski definition) is 1. The minimum Gasteiger partial charge on any atom is -0.355 e. The second kappa shape index (κ2) is 10.5. The lowest BCUT2D eigenvalue weighted by atomic mass is 9.97. The summed E-state index contributed by atoms with van der Waals surface area (Å²) in [4.78, 5) is 2.38. The van der Waals surface area contributed by atoms with Crippen LogP contribution >= 0.6 is 34.7 Å². The van der Waals surface area contributed by atoms with Crippen LogP contribution in [0.5, 0.6) is 0 Å². The molecule has 0 radical (unpaired) electrons. The lowest BCUT2D eigenvalue weighted by molar-refractivity contribution is 1.43. The van der Waals surface area contributed by atoms with Crippen LogP contribution in [-0.4, -0.2) is 0 Å². The molecule has 0 bridgehead atoms. The minimum absolute atomic E-state index is 0.789. The van der Waals surface area contributed by atoms with E-state index < -0.39 is 0 Å². The lowest BCUT2D eigenvalue weighted by Crippen LogP contribution is -1.94. The SMILES string of the molecule is Clc1cccc2sc3ccc(-c4cccc5ccccc45)c(Sc4cc5ccccc5cc4Nc4ccccc4)c3c12. The largest absolute Gasteiger partial charge is 0.355 e. The van der Waals surface area contributed by atoms with E-state index in [4.69, 9.17) is 11.6 Å². The Bertz CT molecular complexity index is 2260. The molecule has 0 aliphatic carbocycles. The van der Waals surface area contributed by atoms with E-state index in [1.807, 2.05) is 30.0 Å². The van der Waals surface area contributed by atoms with Gasteiger partial charge in [0.05, 0.1) is 5.69 Å². The van der Waals surface area contributed by atoms with Gasteiger partial charge in [0, 0.05) is 40.7 Å². The fourth-order valence-electron chi connectivity index (χ4n) is 5.80. The topological polar surface area (TPSA) is 12.0 Å². The van der Waals surface area contributed by atoms with Gasteiger partial charge in [-0.2, -0.15) is 0 Å². The zero-order valence-corrected chi connectivity index (χ0v) is 24.9. The predicted molar refractivity (Wildman–Crippen MR) is 185 cm³/mol. The smallest absolute Gasteiger partial charge is 0.0532 e. The summed E-state index contributed by atoms with van der Waals surface area (Å²) >= 11 is 10.6. The molecular weight excluding hydrogens is 570 g/mol. The van der Waals surface area contributed by atoms with E-state index in [-0.39, 0.29) is 0 Å². The van der Waals surface area contributed by atoms with Gasteiger partial charge in [-0.3, -0.25) is 0 Å². The molecule has 0 saturated heterocycles. The number of anilines is 2. The molecule has 0 aliphatic rings. The monoisotopic (exact) mass is 593 g/mol. The zero-order valence-electron chi connectivity index (χ0n) is 22.5. The van der Waals surface area contributed by atoms with Crippen molar-refractivity contribution < 1.29 is 0 Å². The van der Waals surface area contributed by atoms with Crippen molar-refractivity contribution in [3.8, 4) is 11.1 Å². The maximum absolute atomic E-state index is 6.95. The Hall–Kier alpha value is -4.28. The Labute approximate surface area is 257 Å². The predicted octanol–water partition coefficient (Wildman–Crippen LogP) is 12.6. The molecular formula is C38H24ClNS2. The minimum atomic E-state index is 0.789. The summed E-state index contributed by atoms with van der Waals surface area (Å²) in [5.74, 6) is 0. The van der Waals surface area contributed by atoms with E-state index in [1.54, 1.807) is 11.3 Å². The molecule has 0 saturated carbocycles. The van der Waals surface area contributed by atoms with Gasteiger partial charge >= 0.3 is 0 Å². The zero-order chi connectivity index (χ0) is 28.0. The van der Waals surface area contributed by atoms with Crippen molar-refractivity contribution in [2.75, 3.05) is 5.32 Å². The third kappa shape index (κ3) is 4.42. The van der Waals surface area contributed by atoms with Crippen LogP contribution in [-0.2, 0) is 0 Å². The molecule has 0 fully saturated rings. The number of hydrogen-bond acceptors (Lipinski definition) is 3. The summed E-state index contributed by atoms with van der Waals surface area (Å²) in [7, 11) is 0. The van der Waals surface area contributed by atoms with E-state index in [0.29, 0.717) is 0 Å². The van der Waals surface area contributed by atoms with Crippen LogP contribution in [0.2, 0.25) is 5.02 Å². The lowest BCUT2D eigenvalue weighted by Gasteiger charge is -2.18. The van der Waals surface area contributed by atoms with Gasteiger partial charge in [0.2, 0.25) is 0 Å². The molecule has 1 N–H and O–H groups in total. The van der Waals surface area contributed by atoms with E-state index in [2.05, 4.69) is 127 Å². The number of benzene rings is 7. The van der Waals surface area contributed by atoms with Crippen molar-refractivity contribution in [1.82, 2.24) is 0 Å². The maximum atomic E-state index is 6.95. The van der Waals surface area contributed by atoms with Crippen molar-refractivity contribution in [2.24, 2.45) is 0 Å². The van der Waals surface area contributed by atoms with Crippen molar-refractivity contribution in [1.29, 1.82) is 0 Å². The quantitative estimate of drug-likeness (QED) is 0.213. The summed E-state index contributed by atoms with van der Waals surface area (Å²) in [6.07, 6.45) is 0. The molecule has 4 heteroatoms. The number of thiophene rings is 1. The van der Waals surface area contributed by atoms with Gasteiger partial charge in [-0.25, -0.2) is 0 Å². The highest BCUT2D eigenvalue weighted by Crippen LogP contribution is 2.50. The Morgan fingerprint density at radius 1 is 0.548 bits per heavy atom. The fourth-order valence-corrected chi connectivity index (χ4v) is 8.56. The average molecular weight is 594 g/mol. The first-order valence-corrected chi connectivity index (χ1v) is 15.9. The van der Waals surface area contributed by atoms with E-state index in [9.17, 15) is 0 Å². The van der Waals surface area contributed by atoms with Crippen LogP contribution < -0.4 is 5.32 Å². The molecule has 1 aromatic heterocycles. The van der Waals surface area contributed by atoms with Crippen molar-refractivity contribution in [3.63, 3.8) is 0 Å². The summed E-state index contributed by atoms with van der Waals surface area (Å²) in [5, 5.41) is 11.7. The number of rotatable bonds is 5. The van der Waals surface area contributed by atoms with E-state index in [0.717, 1.165) is 26.7 Å². The number of fused-ring (bicyclic) bond motifs is 5. The molecule has 0 unspecified atom stereocenters. The molecule has 0 aliphatic heterocycles. The molecule has 200 valence electrons. The molecule has 8 rings (SSSR count). The van der Waals surface area contributed by atoms with Crippen LogP contribution in [0.15, 0.2) is 149 Å².